The number of carbonyl (C=O) groups excluding carboxylic acids is 2. The Labute approximate surface area is 190 Å². The number of hydrogen-bond acceptors (Lipinski definition) is 5. The quantitative estimate of drug-likeness (QED) is 0.241. The van der Waals surface area contributed by atoms with Gasteiger partial charge in [0.25, 0.3) is 0 Å². The molecule has 0 heterocycles. The van der Waals surface area contributed by atoms with Crippen LogP contribution in [0.15, 0.2) is 61.2 Å². The SMILES string of the molecule is C=CC(=O)OCCCCCOc1ccc(-c2ccc(C(=O)OC3CCCCC3)cc2)cc1. The number of unbranched alkanes of at least 4 members (excludes halogenated alkanes) is 2. The second-order valence-corrected chi connectivity index (χ2v) is 8.05. The minimum Gasteiger partial charge on any atom is -0.494 e. The number of ether oxygens (including phenoxy) is 3. The molecule has 5 nitrogen and oxygen atoms in total. The van der Waals surface area contributed by atoms with Crippen molar-refractivity contribution in [3.63, 3.8) is 0 Å². The molecule has 0 bridgehead atoms. The van der Waals surface area contributed by atoms with Gasteiger partial charge in [0.1, 0.15) is 11.9 Å². The fourth-order valence-corrected chi connectivity index (χ4v) is 3.75. The Morgan fingerprint density at radius 1 is 0.844 bits per heavy atom. The van der Waals surface area contributed by atoms with Crippen molar-refractivity contribution >= 4 is 11.9 Å². The molecule has 0 saturated heterocycles. The zero-order valence-electron chi connectivity index (χ0n) is 18.6. The molecule has 0 aromatic heterocycles. The first-order chi connectivity index (χ1) is 15.7. The van der Waals surface area contributed by atoms with Crippen LogP contribution in [0.3, 0.4) is 0 Å². The molecule has 0 N–H and O–H groups in total. The summed E-state index contributed by atoms with van der Waals surface area (Å²) < 4.78 is 16.4. The molecule has 170 valence electrons. The Kier molecular flexibility index (Phi) is 9.36. The third-order valence-electron chi connectivity index (χ3n) is 5.60. The van der Waals surface area contributed by atoms with Gasteiger partial charge in [0.2, 0.25) is 0 Å². The maximum absolute atomic E-state index is 12.4. The van der Waals surface area contributed by atoms with E-state index < -0.39 is 0 Å². The lowest BCUT2D eigenvalue weighted by atomic mass is 9.98. The number of hydrogen-bond donors (Lipinski definition) is 0. The predicted molar refractivity (Wildman–Crippen MR) is 125 cm³/mol. The van der Waals surface area contributed by atoms with Crippen molar-refractivity contribution in [1.82, 2.24) is 0 Å². The van der Waals surface area contributed by atoms with E-state index >= 15 is 0 Å². The van der Waals surface area contributed by atoms with Gasteiger partial charge >= 0.3 is 11.9 Å². The molecule has 5 heteroatoms. The minimum atomic E-state index is -0.379. The van der Waals surface area contributed by atoms with Crippen molar-refractivity contribution in [2.24, 2.45) is 0 Å². The highest BCUT2D eigenvalue weighted by Gasteiger charge is 2.18. The van der Waals surface area contributed by atoms with Gasteiger partial charge < -0.3 is 14.2 Å². The van der Waals surface area contributed by atoms with Crippen LogP contribution in [0.5, 0.6) is 5.75 Å². The van der Waals surface area contributed by atoms with E-state index in [-0.39, 0.29) is 18.0 Å². The highest BCUT2D eigenvalue weighted by Crippen LogP contribution is 2.25. The topological polar surface area (TPSA) is 61.8 Å². The maximum atomic E-state index is 12.4. The van der Waals surface area contributed by atoms with E-state index in [0.29, 0.717) is 18.8 Å². The molecule has 1 fully saturated rings. The van der Waals surface area contributed by atoms with Crippen LogP contribution >= 0.6 is 0 Å². The van der Waals surface area contributed by atoms with E-state index in [9.17, 15) is 9.59 Å². The van der Waals surface area contributed by atoms with Gasteiger partial charge in [-0.1, -0.05) is 37.3 Å². The molecule has 2 aromatic carbocycles. The van der Waals surface area contributed by atoms with Crippen molar-refractivity contribution in [2.45, 2.75) is 57.5 Å². The molecule has 0 radical (unpaired) electrons. The largest absolute Gasteiger partial charge is 0.494 e. The van der Waals surface area contributed by atoms with Gasteiger partial charge in [-0.05, 0) is 80.3 Å². The van der Waals surface area contributed by atoms with E-state index in [4.69, 9.17) is 14.2 Å². The number of rotatable bonds is 11. The van der Waals surface area contributed by atoms with Crippen LogP contribution in [0.25, 0.3) is 11.1 Å². The summed E-state index contributed by atoms with van der Waals surface area (Å²) in [5.41, 5.74) is 2.70. The summed E-state index contributed by atoms with van der Waals surface area (Å²) in [5.74, 6) is 0.209. The van der Waals surface area contributed by atoms with Crippen LogP contribution < -0.4 is 4.74 Å². The summed E-state index contributed by atoms with van der Waals surface area (Å²) in [4.78, 5) is 23.3. The Morgan fingerprint density at radius 3 is 2.12 bits per heavy atom. The van der Waals surface area contributed by atoms with Crippen LogP contribution in [-0.2, 0) is 14.3 Å². The third-order valence-corrected chi connectivity index (χ3v) is 5.60. The summed E-state index contributed by atoms with van der Waals surface area (Å²) in [6.45, 7) is 4.40. The van der Waals surface area contributed by atoms with Gasteiger partial charge in [0, 0.05) is 6.08 Å². The van der Waals surface area contributed by atoms with Crippen molar-refractivity contribution in [3.05, 3.63) is 66.7 Å². The first-order valence-electron chi connectivity index (χ1n) is 11.5. The average Bonchev–Trinajstić information content (AvgIpc) is 2.84. The minimum absolute atomic E-state index is 0.0678. The molecule has 32 heavy (non-hydrogen) atoms. The maximum Gasteiger partial charge on any atom is 0.338 e. The second-order valence-electron chi connectivity index (χ2n) is 8.05. The lowest BCUT2D eigenvalue weighted by Crippen LogP contribution is -2.20. The molecule has 2 aromatic rings. The van der Waals surface area contributed by atoms with Crippen molar-refractivity contribution in [3.8, 4) is 16.9 Å². The zero-order valence-corrected chi connectivity index (χ0v) is 18.6. The molecule has 0 spiro atoms. The van der Waals surface area contributed by atoms with E-state index in [2.05, 4.69) is 6.58 Å². The van der Waals surface area contributed by atoms with Crippen LogP contribution in [-0.4, -0.2) is 31.3 Å². The number of benzene rings is 2. The Morgan fingerprint density at radius 2 is 1.47 bits per heavy atom. The predicted octanol–water partition coefficient (Wildman–Crippen LogP) is 6.12. The summed E-state index contributed by atoms with van der Waals surface area (Å²) in [6.07, 6.45) is 9.35. The molecular formula is C27H32O5. The molecule has 0 amide bonds. The van der Waals surface area contributed by atoms with Gasteiger partial charge in [-0.25, -0.2) is 9.59 Å². The van der Waals surface area contributed by atoms with Crippen molar-refractivity contribution in [2.75, 3.05) is 13.2 Å². The fourth-order valence-electron chi connectivity index (χ4n) is 3.75. The summed E-state index contributed by atoms with van der Waals surface area (Å²) in [6, 6.07) is 15.5. The van der Waals surface area contributed by atoms with Crippen molar-refractivity contribution < 1.29 is 23.8 Å². The normalized spacial score (nSPS) is 13.9. The lowest BCUT2D eigenvalue weighted by Gasteiger charge is -2.21. The smallest absolute Gasteiger partial charge is 0.338 e. The third kappa shape index (κ3) is 7.56. The molecule has 1 saturated carbocycles. The van der Waals surface area contributed by atoms with Gasteiger partial charge in [-0.15, -0.1) is 0 Å². The second kappa shape index (κ2) is 12.7. The first kappa shape index (κ1) is 23.6. The van der Waals surface area contributed by atoms with E-state index in [0.717, 1.165) is 61.8 Å². The van der Waals surface area contributed by atoms with E-state index in [1.54, 1.807) is 0 Å². The fraction of sp³-hybridized carbons (Fsp3) is 0.407. The van der Waals surface area contributed by atoms with Crippen LogP contribution in [0.4, 0.5) is 0 Å². The lowest BCUT2D eigenvalue weighted by molar-refractivity contribution is -0.137. The molecular weight excluding hydrogens is 404 g/mol. The Bertz CT molecular complexity index is 864. The summed E-state index contributed by atoms with van der Waals surface area (Å²) >= 11 is 0. The number of carbonyl (C=O) groups is 2. The molecule has 0 aliphatic heterocycles. The van der Waals surface area contributed by atoms with Crippen LogP contribution in [0, 0.1) is 0 Å². The molecule has 1 aliphatic carbocycles. The van der Waals surface area contributed by atoms with Gasteiger partial charge in [-0.3, -0.25) is 0 Å². The standard InChI is InChI=1S/C27H32O5/c1-2-26(28)31-20-8-4-7-19-30-24-17-15-22(16-18-24)21-11-13-23(14-12-21)27(29)32-25-9-5-3-6-10-25/h2,11-18,25H,1,3-10,19-20H2. The Balaban J connectivity index is 1.40. The molecule has 0 unspecified atom stereocenters. The van der Waals surface area contributed by atoms with Gasteiger partial charge in [-0.2, -0.15) is 0 Å². The van der Waals surface area contributed by atoms with Crippen LogP contribution in [0.1, 0.15) is 61.7 Å². The first-order valence-corrected chi connectivity index (χ1v) is 11.5. The van der Waals surface area contributed by atoms with Crippen molar-refractivity contribution in [1.29, 1.82) is 0 Å². The average molecular weight is 437 g/mol. The highest BCUT2D eigenvalue weighted by molar-refractivity contribution is 5.90. The van der Waals surface area contributed by atoms with Gasteiger partial charge in [0.05, 0.1) is 18.8 Å². The highest BCUT2D eigenvalue weighted by atomic mass is 16.5. The molecule has 0 atom stereocenters. The monoisotopic (exact) mass is 436 g/mol. The van der Waals surface area contributed by atoms with Gasteiger partial charge in [0.15, 0.2) is 0 Å². The zero-order chi connectivity index (χ0) is 22.6. The molecule has 3 rings (SSSR count). The van der Waals surface area contributed by atoms with E-state index in [1.807, 2.05) is 48.5 Å². The molecule has 1 aliphatic rings. The van der Waals surface area contributed by atoms with E-state index in [1.165, 1.54) is 12.5 Å². The van der Waals surface area contributed by atoms with Crippen LogP contribution in [0.2, 0.25) is 0 Å². The summed E-state index contributed by atoms with van der Waals surface area (Å²) in [5, 5.41) is 0. The number of esters is 2. The Hall–Kier alpha value is -3.08. The summed E-state index contributed by atoms with van der Waals surface area (Å²) in [7, 11) is 0.